The summed E-state index contributed by atoms with van der Waals surface area (Å²) in [4.78, 5) is 7.73. The second-order valence-electron chi connectivity index (χ2n) is 6.76. The second kappa shape index (κ2) is 7.88. The molecule has 0 atom stereocenters. The van der Waals surface area contributed by atoms with E-state index >= 15 is 0 Å². The van der Waals surface area contributed by atoms with E-state index in [9.17, 15) is 17.2 Å². The van der Waals surface area contributed by atoms with Crippen molar-refractivity contribution < 1.29 is 17.2 Å². The Bertz CT molecular complexity index is 1420. The molecular formula is C21H17F2N5O2S. The van der Waals surface area contributed by atoms with E-state index < -0.39 is 21.8 Å². The highest BCUT2D eigenvalue weighted by Crippen LogP contribution is 2.23. The Morgan fingerprint density at radius 2 is 1.94 bits per heavy atom. The zero-order chi connectivity index (χ0) is 22.2. The van der Waals surface area contributed by atoms with Gasteiger partial charge in [0.1, 0.15) is 11.5 Å². The number of hydrazone groups is 1. The fraction of sp³-hybridized carbons (Fsp3) is 0.0952. The van der Waals surface area contributed by atoms with Crippen LogP contribution in [0.2, 0.25) is 0 Å². The van der Waals surface area contributed by atoms with Gasteiger partial charge in [-0.1, -0.05) is 6.07 Å². The van der Waals surface area contributed by atoms with Crippen LogP contribution >= 0.6 is 0 Å². The number of sulfonamides is 1. The first kappa shape index (κ1) is 20.6. The molecule has 4 rings (SSSR count). The Morgan fingerprint density at radius 3 is 2.71 bits per heavy atom. The number of hydrogen-bond acceptors (Lipinski definition) is 5. The van der Waals surface area contributed by atoms with Crippen LogP contribution < -0.4 is 0 Å². The first-order valence-corrected chi connectivity index (χ1v) is 10.6. The Hall–Kier alpha value is -3.66. The minimum absolute atomic E-state index is 0.167. The number of benzene rings is 1. The van der Waals surface area contributed by atoms with E-state index in [2.05, 4.69) is 15.1 Å². The minimum atomic E-state index is -4.05. The van der Waals surface area contributed by atoms with Gasteiger partial charge in [0, 0.05) is 30.6 Å². The molecule has 0 spiro atoms. The van der Waals surface area contributed by atoms with E-state index in [1.165, 1.54) is 37.8 Å². The molecule has 0 aliphatic carbocycles. The third kappa shape index (κ3) is 3.89. The van der Waals surface area contributed by atoms with Crippen molar-refractivity contribution in [3.63, 3.8) is 0 Å². The summed E-state index contributed by atoms with van der Waals surface area (Å²) >= 11 is 0. The van der Waals surface area contributed by atoms with Gasteiger partial charge >= 0.3 is 0 Å². The minimum Gasteiger partial charge on any atom is -0.298 e. The summed E-state index contributed by atoms with van der Waals surface area (Å²) in [6, 6.07) is 10.2. The van der Waals surface area contributed by atoms with Crippen molar-refractivity contribution in [3.05, 3.63) is 84.1 Å². The van der Waals surface area contributed by atoms with Crippen molar-refractivity contribution in [2.24, 2.45) is 5.10 Å². The van der Waals surface area contributed by atoms with Gasteiger partial charge in [0.25, 0.3) is 10.0 Å². The topological polar surface area (TPSA) is 79.9 Å². The first-order valence-electron chi connectivity index (χ1n) is 9.14. The molecule has 0 unspecified atom stereocenters. The van der Waals surface area contributed by atoms with Gasteiger partial charge in [-0.2, -0.15) is 22.3 Å². The van der Waals surface area contributed by atoms with Crippen LogP contribution in [0.15, 0.2) is 71.1 Å². The largest absolute Gasteiger partial charge is 0.298 e. The number of fused-ring (bicyclic) bond motifs is 1. The Labute approximate surface area is 177 Å². The Morgan fingerprint density at radius 1 is 1.13 bits per heavy atom. The van der Waals surface area contributed by atoms with Gasteiger partial charge in [-0.15, -0.1) is 0 Å². The van der Waals surface area contributed by atoms with Gasteiger partial charge in [-0.25, -0.2) is 14.4 Å². The molecule has 3 heterocycles. The number of rotatable bonds is 5. The maximum absolute atomic E-state index is 14.0. The Kier molecular flexibility index (Phi) is 5.24. The van der Waals surface area contributed by atoms with Crippen molar-refractivity contribution in [1.29, 1.82) is 0 Å². The van der Waals surface area contributed by atoms with Gasteiger partial charge in [0.2, 0.25) is 5.95 Å². The third-order valence-electron chi connectivity index (χ3n) is 4.73. The predicted molar refractivity (Wildman–Crippen MR) is 112 cm³/mol. The highest BCUT2D eigenvalue weighted by atomic mass is 32.2. The summed E-state index contributed by atoms with van der Waals surface area (Å²) in [6.07, 6.45) is 5.85. The molecule has 0 fully saturated rings. The second-order valence-corrected chi connectivity index (χ2v) is 8.68. The molecule has 0 radical (unpaired) electrons. The van der Waals surface area contributed by atoms with Gasteiger partial charge in [0.05, 0.1) is 23.0 Å². The number of imidazole rings is 1. The van der Waals surface area contributed by atoms with E-state index in [4.69, 9.17) is 0 Å². The fourth-order valence-corrected chi connectivity index (χ4v) is 4.24. The lowest BCUT2D eigenvalue weighted by molar-refractivity contribution is 0.489. The molecule has 0 N–H and O–H groups in total. The van der Waals surface area contributed by atoms with Gasteiger partial charge in [0.15, 0.2) is 0 Å². The fourth-order valence-electron chi connectivity index (χ4n) is 3.05. The molecule has 0 aliphatic heterocycles. The van der Waals surface area contributed by atoms with Gasteiger partial charge in [-0.3, -0.25) is 4.40 Å². The Balaban J connectivity index is 1.69. The van der Waals surface area contributed by atoms with Crippen LogP contribution in [0.5, 0.6) is 0 Å². The number of pyridine rings is 2. The van der Waals surface area contributed by atoms with Crippen LogP contribution in [0.1, 0.15) is 11.3 Å². The summed E-state index contributed by atoms with van der Waals surface area (Å²) in [5.74, 6) is -1.26. The van der Waals surface area contributed by atoms with Crippen molar-refractivity contribution in [2.75, 3.05) is 7.05 Å². The van der Waals surface area contributed by atoms with Gasteiger partial charge in [-0.05, 0) is 48.9 Å². The van der Waals surface area contributed by atoms with Gasteiger partial charge < -0.3 is 0 Å². The number of halogens is 2. The van der Waals surface area contributed by atoms with Crippen LogP contribution in [-0.4, -0.2) is 40.5 Å². The zero-order valence-corrected chi connectivity index (χ0v) is 17.4. The molecule has 4 aromatic rings. The molecular weight excluding hydrogens is 424 g/mol. The van der Waals surface area contributed by atoms with Crippen LogP contribution in [0.3, 0.4) is 0 Å². The summed E-state index contributed by atoms with van der Waals surface area (Å²) in [5, 5.41) is 4.01. The molecule has 0 saturated heterocycles. The quantitative estimate of drug-likeness (QED) is 0.269. The van der Waals surface area contributed by atoms with Crippen LogP contribution in [0.25, 0.3) is 16.8 Å². The van der Waals surface area contributed by atoms with Crippen LogP contribution in [0, 0.1) is 18.7 Å². The molecule has 7 nitrogen and oxygen atoms in total. The SMILES string of the molecule is Cc1ccc(F)cc1S(=O)(=O)N(C)/N=C/c1cnc2ccc(-c3cccnc3F)cn12. The number of hydrogen-bond donors (Lipinski definition) is 0. The summed E-state index contributed by atoms with van der Waals surface area (Å²) in [5.41, 5.74) is 2.34. The van der Waals surface area contributed by atoms with Crippen molar-refractivity contribution in [3.8, 4) is 11.1 Å². The maximum Gasteiger partial charge on any atom is 0.279 e. The molecule has 3 aromatic heterocycles. The maximum atomic E-state index is 14.0. The summed E-state index contributed by atoms with van der Waals surface area (Å²) in [7, 11) is -2.79. The summed E-state index contributed by atoms with van der Waals surface area (Å²) in [6.45, 7) is 1.58. The average Bonchev–Trinajstić information content (AvgIpc) is 3.16. The molecule has 1 aromatic carbocycles. The first-order chi connectivity index (χ1) is 14.8. The lowest BCUT2D eigenvalue weighted by Crippen LogP contribution is -2.23. The van der Waals surface area contributed by atoms with Crippen LogP contribution in [0.4, 0.5) is 8.78 Å². The molecule has 0 saturated carbocycles. The number of nitrogens with zero attached hydrogens (tertiary/aromatic N) is 5. The summed E-state index contributed by atoms with van der Waals surface area (Å²) < 4.78 is 55.6. The van der Waals surface area contributed by atoms with Crippen LogP contribution in [-0.2, 0) is 10.0 Å². The molecule has 0 bridgehead atoms. The van der Waals surface area contributed by atoms with Crippen molar-refractivity contribution in [1.82, 2.24) is 18.8 Å². The normalized spacial score (nSPS) is 12.0. The van der Waals surface area contributed by atoms with Crippen molar-refractivity contribution >= 4 is 21.9 Å². The monoisotopic (exact) mass is 441 g/mol. The standard InChI is InChI=1S/C21H17F2N5O2S/c1-14-5-7-16(22)10-19(14)31(29,30)27(2)26-12-17-11-25-20-8-6-15(13-28(17)20)18-4-3-9-24-21(18)23/h3-13H,1-2H3/b26-12+. The number of aromatic nitrogens is 3. The zero-order valence-electron chi connectivity index (χ0n) is 16.6. The third-order valence-corrected chi connectivity index (χ3v) is 6.52. The smallest absolute Gasteiger partial charge is 0.279 e. The van der Waals surface area contributed by atoms with E-state index in [0.717, 1.165) is 10.5 Å². The number of aryl methyl sites for hydroxylation is 1. The molecule has 0 amide bonds. The lowest BCUT2D eigenvalue weighted by Gasteiger charge is -2.15. The van der Waals surface area contributed by atoms with E-state index in [1.54, 1.807) is 41.8 Å². The molecule has 31 heavy (non-hydrogen) atoms. The molecule has 10 heteroatoms. The highest BCUT2D eigenvalue weighted by Gasteiger charge is 2.22. The highest BCUT2D eigenvalue weighted by molar-refractivity contribution is 7.89. The average molecular weight is 441 g/mol. The predicted octanol–water partition coefficient (Wildman–Crippen LogP) is 3.64. The van der Waals surface area contributed by atoms with E-state index in [0.29, 0.717) is 28.0 Å². The van der Waals surface area contributed by atoms with Crippen molar-refractivity contribution in [2.45, 2.75) is 11.8 Å². The van der Waals surface area contributed by atoms with E-state index in [1.807, 2.05) is 0 Å². The van der Waals surface area contributed by atoms with E-state index in [-0.39, 0.29) is 4.90 Å². The molecule has 0 aliphatic rings. The molecule has 158 valence electrons. The lowest BCUT2D eigenvalue weighted by atomic mass is 10.1.